The monoisotopic (exact) mass is 355 g/mol. The molecule has 0 spiro atoms. The van der Waals surface area contributed by atoms with Gasteiger partial charge in [0.15, 0.2) is 5.82 Å². The highest BCUT2D eigenvalue weighted by atomic mass is 16.1. The molecule has 0 atom stereocenters. The summed E-state index contributed by atoms with van der Waals surface area (Å²) in [6, 6.07) is 26.0. The van der Waals surface area contributed by atoms with Crippen LogP contribution in [0.25, 0.3) is 11.0 Å². The molecule has 3 aromatic carbocycles. The van der Waals surface area contributed by atoms with Gasteiger partial charge in [-0.05, 0) is 30.2 Å². The quantitative estimate of drug-likeness (QED) is 0.578. The number of benzene rings is 3. The van der Waals surface area contributed by atoms with E-state index in [4.69, 9.17) is 0 Å². The predicted molar refractivity (Wildman–Crippen MR) is 110 cm³/mol. The highest BCUT2D eigenvalue weighted by molar-refractivity contribution is 5.76. The van der Waals surface area contributed by atoms with Crippen molar-refractivity contribution in [3.8, 4) is 0 Å². The summed E-state index contributed by atoms with van der Waals surface area (Å²) in [6.07, 6.45) is 0. The number of aryl methyl sites for hydroxylation is 1. The van der Waals surface area contributed by atoms with Crippen molar-refractivity contribution in [2.45, 2.75) is 20.0 Å². The van der Waals surface area contributed by atoms with Crippen LogP contribution in [0.2, 0.25) is 0 Å². The lowest BCUT2D eigenvalue weighted by Gasteiger charge is -2.13. The molecule has 1 heterocycles. The van der Waals surface area contributed by atoms with Crippen LogP contribution in [0.3, 0.4) is 0 Å². The summed E-state index contributed by atoms with van der Waals surface area (Å²) in [7, 11) is 0. The second-order valence-electron chi connectivity index (χ2n) is 6.67. The molecule has 0 saturated carbocycles. The fraction of sp³-hybridized carbons (Fsp3) is 0.130. The van der Waals surface area contributed by atoms with Gasteiger partial charge in [-0.25, -0.2) is 4.98 Å². The average Bonchev–Trinajstić information content (AvgIpc) is 2.71. The summed E-state index contributed by atoms with van der Waals surface area (Å²) in [5.41, 5.74) is 4.95. The first-order valence-electron chi connectivity index (χ1n) is 9.03. The van der Waals surface area contributed by atoms with Crippen LogP contribution in [0.4, 0.5) is 5.82 Å². The Balaban J connectivity index is 1.71. The number of rotatable bonds is 5. The molecular weight excluding hydrogens is 334 g/mol. The van der Waals surface area contributed by atoms with Gasteiger partial charge >= 0.3 is 0 Å². The van der Waals surface area contributed by atoms with E-state index in [1.54, 1.807) is 4.57 Å². The summed E-state index contributed by atoms with van der Waals surface area (Å²) in [5, 5.41) is 3.22. The molecule has 27 heavy (non-hydrogen) atoms. The van der Waals surface area contributed by atoms with E-state index in [2.05, 4.69) is 41.5 Å². The smallest absolute Gasteiger partial charge is 0.294 e. The van der Waals surface area contributed by atoms with E-state index in [9.17, 15) is 4.79 Å². The number of hydrogen-bond acceptors (Lipinski definition) is 3. The van der Waals surface area contributed by atoms with Gasteiger partial charge in [-0.1, -0.05) is 72.3 Å². The number of aromatic nitrogens is 2. The Morgan fingerprint density at radius 1 is 0.852 bits per heavy atom. The predicted octanol–water partition coefficient (Wildman–Crippen LogP) is 4.37. The molecule has 134 valence electrons. The minimum Gasteiger partial charge on any atom is -0.361 e. The molecule has 4 aromatic rings. The number of anilines is 1. The number of fused-ring (bicyclic) bond motifs is 1. The molecule has 1 aromatic heterocycles. The summed E-state index contributed by atoms with van der Waals surface area (Å²) < 4.78 is 1.79. The zero-order chi connectivity index (χ0) is 18.6. The van der Waals surface area contributed by atoms with Gasteiger partial charge in [0.2, 0.25) is 0 Å². The van der Waals surface area contributed by atoms with Crippen molar-refractivity contribution >= 4 is 16.9 Å². The van der Waals surface area contributed by atoms with Gasteiger partial charge in [0.1, 0.15) is 0 Å². The van der Waals surface area contributed by atoms with Crippen molar-refractivity contribution in [1.29, 1.82) is 0 Å². The lowest BCUT2D eigenvalue weighted by molar-refractivity contribution is 0.787. The molecule has 0 amide bonds. The van der Waals surface area contributed by atoms with Gasteiger partial charge in [-0.2, -0.15) is 0 Å². The van der Waals surface area contributed by atoms with Crippen molar-refractivity contribution in [3.63, 3.8) is 0 Å². The first kappa shape index (κ1) is 17.0. The van der Waals surface area contributed by atoms with E-state index in [0.717, 1.165) is 22.2 Å². The molecule has 0 bridgehead atoms. The van der Waals surface area contributed by atoms with Gasteiger partial charge < -0.3 is 5.32 Å². The Hall–Kier alpha value is -3.40. The standard InChI is InChI=1S/C23H21N3O/c1-17-11-13-18(14-12-17)15-24-22-23(27)26(16-19-7-3-2-4-8-19)21-10-6-5-9-20(21)25-22/h2-14H,15-16H2,1H3,(H,24,25). The third-order valence-corrected chi connectivity index (χ3v) is 4.62. The maximum atomic E-state index is 13.1. The van der Waals surface area contributed by atoms with E-state index in [1.165, 1.54) is 5.56 Å². The molecule has 0 unspecified atom stereocenters. The summed E-state index contributed by atoms with van der Waals surface area (Å²) in [5.74, 6) is 0.380. The second kappa shape index (κ2) is 7.46. The zero-order valence-electron chi connectivity index (χ0n) is 15.2. The molecule has 4 heteroatoms. The lowest BCUT2D eigenvalue weighted by atomic mass is 10.1. The van der Waals surface area contributed by atoms with Crippen molar-refractivity contribution < 1.29 is 0 Å². The largest absolute Gasteiger partial charge is 0.361 e. The topological polar surface area (TPSA) is 46.9 Å². The van der Waals surface area contributed by atoms with Crippen molar-refractivity contribution in [1.82, 2.24) is 9.55 Å². The summed E-state index contributed by atoms with van der Waals surface area (Å²) >= 11 is 0. The van der Waals surface area contributed by atoms with Crippen LogP contribution in [-0.2, 0) is 13.1 Å². The Bertz CT molecular complexity index is 1120. The third kappa shape index (κ3) is 3.75. The zero-order valence-corrected chi connectivity index (χ0v) is 15.2. The normalized spacial score (nSPS) is 10.9. The fourth-order valence-corrected chi connectivity index (χ4v) is 3.12. The molecule has 0 saturated heterocycles. The minimum atomic E-state index is -0.107. The molecule has 0 fully saturated rings. The lowest BCUT2D eigenvalue weighted by Crippen LogP contribution is -2.26. The van der Waals surface area contributed by atoms with Crippen LogP contribution in [0.5, 0.6) is 0 Å². The summed E-state index contributed by atoms with van der Waals surface area (Å²) in [4.78, 5) is 17.7. The maximum absolute atomic E-state index is 13.1. The first-order chi connectivity index (χ1) is 13.2. The average molecular weight is 355 g/mol. The second-order valence-corrected chi connectivity index (χ2v) is 6.67. The number of nitrogens with zero attached hydrogens (tertiary/aromatic N) is 2. The van der Waals surface area contributed by atoms with Gasteiger partial charge in [0, 0.05) is 6.54 Å². The van der Waals surface area contributed by atoms with Gasteiger partial charge in [0.05, 0.1) is 17.6 Å². The van der Waals surface area contributed by atoms with E-state index in [0.29, 0.717) is 18.9 Å². The molecule has 0 aliphatic rings. The van der Waals surface area contributed by atoms with Gasteiger partial charge in [0.25, 0.3) is 5.56 Å². The van der Waals surface area contributed by atoms with Crippen LogP contribution < -0.4 is 10.9 Å². The van der Waals surface area contributed by atoms with Gasteiger partial charge in [-0.15, -0.1) is 0 Å². The number of para-hydroxylation sites is 2. The molecule has 0 radical (unpaired) electrons. The SMILES string of the molecule is Cc1ccc(CNc2nc3ccccc3n(Cc3ccccc3)c2=O)cc1. The minimum absolute atomic E-state index is 0.107. The fourth-order valence-electron chi connectivity index (χ4n) is 3.12. The van der Waals surface area contributed by atoms with Crippen LogP contribution in [0.15, 0.2) is 83.7 Å². The van der Waals surface area contributed by atoms with Crippen molar-refractivity contribution in [3.05, 3.63) is 106 Å². The highest BCUT2D eigenvalue weighted by Crippen LogP contribution is 2.14. The molecular formula is C23H21N3O. The first-order valence-corrected chi connectivity index (χ1v) is 9.03. The van der Waals surface area contributed by atoms with Crippen LogP contribution in [0.1, 0.15) is 16.7 Å². The molecule has 1 N–H and O–H groups in total. The molecule has 0 aliphatic heterocycles. The molecule has 4 nitrogen and oxygen atoms in total. The Morgan fingerprint density at radius 3 is 2.33 bits per heavy atom. The molecule has 4 rings (SSSR count). The maximum Gasteiger partial charge on any atom is 0.294 e. The Morgan fingerprint density at radius 2 is 1.56 bits per heavy atom. The van der Waals surface area contributed by atoms with Crippen LogP contribution in [-0.4, -0.2) is 9.55 Å². The van der Waals surface area contributed by atoms with Crippen molar-refractivity contribution in [2.24, 2.45) is 0 Å². The third-order valence-electron chi connectivity index (χ3n) is 4.62. The van der Waals surface area contributed by atoms with Gasteiger partial charge in [-0.3, -0.25) is 9.36 Å². The van der Waals surface area contributed by atoms with E-state index in [1.807, 2.05) is 54.6 Å². The van der Waals surface area contributed by atoms with Crippen LogP contribution in [0, 0.1) is 6.92 Å². The Kier molecular flexibility index (Phi) is 4.71. The van der Waals surface area contributed by atoms with E-state index in [-0.39, 0.29) is 5.56 Å². The molecule has 0 aliphatic carbocycles. The van der Waals surface area contributed by atoms with Crippen LogP contribution >= 0.6 is 0 Å². The highest BCUT2D eigenvalue weighted by Gasteiger charge is 2.11. The Labute approximate surface area is 158 Å². The number of hydrogen-bond donors (Lipinski definition) is 1. The van der Waals surface area contributed by atoms with E-state index >= 15 is 0 Å². The van der Waals surface area contributed by atoms with Crippen molar-refractivity contribution in [2.75, 3.05) is 5.32 Å². The van der Waals surface area contributed by atoms with E-state index < -0.39 is 0 Å². The summed E-state index contributed by atoms with van der Waals surface area (Å²) in [6.45, 7) is 3.14. The number of nitrogens with one attached hydrogen (secondary N) is 1.